The van der Waals surface area contributed by atoms with Gasteiger partial charge in [-0.25, -0.2) is 0 Å². The average molecular weight is 250 g/mol. The van der Waals surface area contributed by atoms with Crippen molar-refractivity contribution in [3.05, 3.63) is 23.7 Å². The molecule has 0 bridgehead atoms. The third kappa shape index (κ3) is 3.59. The van der Waals surface area contributed by atoms with Gasteiger partial charge in [-0.3, -0.25) is 0 Å². The number of furan rings is 1. The summed E-state index contributed by atoms with van der Waals surface area (Å²) in [6.07, 6.45) is 7.96. The summed E-state index contributed by atoms with van der Waals surface area (Å²) in [6, 6.07) is 4.06. The number of hydrogen-bond donors (Lipinski definition) is 2. The minimum atomic E-state index is 0.318. The molecular weight excluding hydrogens is 224 g/mol. The highest BCUT2D eigenvalue weighted by atomic mass is 16.3. The summed E-state index contributed by atoms with van der Waals surface area (Å²) in [7, 11) is 0. The predicted molar refractivity (Wildman–Crippen MR) is 74.3 cm³/mol. The van der Waals surface area contributed by atoms with Crippen LogP contribution in [0.4, 0.5) is 0 Å². The van der Waals surface area contributed by atoms with Crippen molar-refractivity contribution in [3.8, 4) is 0 Å². The normalized spacial score (nSPS) is 19.7. The van der Waals surface area contributed by atoms with Gasteiger partial charge in [0, 0.05) is 6.54 Å². The van der Waals surface area contributed by atoms with Crippen LogP contribution in [-0.4, -0.2) is 13.1 Å². The van der Waals surface area contributed by atoms with Crippen LogP contribution >= 0.6 is 0 Å². The molecule has 0 spiro atoms. The lowest BCUT2D eigenvalue weighted by Gasteiger charge is -2.31. The number of nitrogens with one attached hydrogen (secondary N) is 1. The van der Waals surface area contributed by atoms with E-state index in [9.17, 15) is 0 Å². The molecule has 3 nitrogen and oxygen atoms in total. The van der Waals surface area contributed by atoms with E-state index >= 15 is 0 Å². The highest BCUT2D eigenvalue weighted by Gasteiger charge is 2.28. The fraction of sp³-hybridized carbons (Fsp3) is 0.733. The quantitative estimate of drug-likeness (QED) is 0.790. The number of nitrogens with two attached hydrogens (primary N) is 1. The Morgan fingerprint density at radius 2 is 1.94 bits per heavy atom. The fourth-order valence-corrected chi connectivity index (χ4v) is 2.96. The number of hydrogen-bond acceptors (Lipinski definition) is 3. The number of aryl methyl sites for hydroxylation is 1. The van der Waals surface area contributed by atoms with Crippen molar-refractivity contribution in [1.29, 1.82) is 0 Å². The zero-order valence-corrected chi connectivity index (χ0v) is 11.5. The monoisotopic (exact) mass is 250 g/mol. The molecule has 1 fully saturated rings. The molecule has 0 aromatic carbocycles. The van der Waals surface area contributed by atoms with Crippen LogP contribution in [0, 0.1) is 12.3 Å². The Balaban J connectivity index is 1.82. The van der Waals surface area contributed by atoms with Crippen LogP contribution < -0.4 is 11.1 Å². The second kappa shape index (κ2) is 6.39. The molecule has 0 amide bonds. The van der Waals surface area contributed by atoms with Crippen LogP contribution in [0.25, 0.3) is 0 Å². The van der Waals surface area contributed by atoms with Gasteiger partial charge in [0.15, 0.2) is 0 Å². The summed E-state index contributed by atoms with van der Waals surface area (Å²) in [5.41, 5.74) is 6.35. The molecule has 1 saturated carbocycles. The molecule has 1 aliphatic carbocycles. The van der Waals surface area contributed by atoms with Gasteiger partial charge in [0.25, 0.3) is 0 Å². The van der Waals surface area contributed by atoms with Crippen molar-refractivity contribution < 1.29 is 4.42 Å². The SMILES string of the molecule is Cc1ccc(CNCC2(CN)CCCCCC2)o1. The highest BCUT2D eigenvalue weighted by Crippen LogP contribution is 2.33. The maximum absolute atomic E-state index is 6.03. The third-order valence-corrected chi connectivity index (χ3v) is 4.19. The van der Waals surface area contributed by atoms with Gasteiger partial charge in [0.1, 0.15) is 11.5 Å². The first kappa shape index (κ1) is 13.6. The molecule has 1 aromatic rings. The van der Waals surface area contributed by atoms with Crippen LogP contribution in [0.2, 0.25) is 0 Å². The Morgan fingerprint density at radius 3 is 2.50 bits per heavy atom. The summed E-state index contributed by atoms with van der Waals surface area (Å²) in [4.78, 5) is 0. The molecule has 1 heterocycles. The predicted octanol–water partition coefficient (Wildman–Crippen LogP) is 2.98. The maximum atomic E-state index is 6.03. The molecule has 1 aliphatic rings. The lowest BCUT2D eigenvalue weighted by Crippen LogP contribution is -2.39. The Morgan fingerprint density at radius 1 is 1.22 bits per heavy atom. The van der Waals surface area contributed by atoms with Crippen molar-refractivity contribution in [1.82, 2.24) is 5.32 Å². The van der Waals surface area contributed by atoms with Gasteiger partial charge < -0.3 is 15.5 Å². The zero-order chi connectivity index (χ0) is 12.8. The second-order valence-corrected chi connectivity index (χ2v) is 5.73. The van der Waals surface area contributed by atoms with Crippen molar-refractivity contribution in [3.63, 3.8) is 0 Å². The Kier molecular flexibility index (Phi) is 4.84. The van der Waals surface area contributed by atoms with Crippen LogP contribution in [-0.2, 0) is 6.54 Å². The molecule has 102 valence electrons. The van der Waals surface area contributed by atoms with Crippen molar-refractivity contribution in [2.45, 2.75) is 52.0 Å². The summed E-state index contributed by atoms with van der Waals surface area (Å²) in [5, 5.41) is 3.53. The minimum absolute atomic E-state index is 0.318. The van der Waals surface area contributed by atoms with Crippen LogP contribution in [0.1, 0.15) is 50.0 Å². The lowest BCUT2D eigenvalue weighted by molar-refractivity contribution is 0.239. The molecule has 1 aromatic heterocycles. The molecular formula is C15H26N2O. The van der Waals surface area contributed by atoms with E-state index in [0.717, 1.165) is 31.2 Å². The van der Waals surface area contributed by atoms with Crippen molar-refractivity contribution in [2.75, 3.05) is 13.1 Å². The molecule has 0 aliphatic heterocycles. The van der Waals surface area contributed by atoms with Crippen molar-refractivity contribution in [2.24, 2.45) is 11.1 Å². The second-order valence-electron chi connectivity index (χ2n) is 5.73. The van der Waals surface area contributed by atoms with Crippen molar-refractivity contribution >= 4 is 0 Å². The van der Waals surface area contributed by atoms with E-state index in [1.54, 1.807) is 0 Å². The Labute approximate surface area is 110 Å². The smallest absolute Gasteiger partial charge is 0.117 e. The third-order valence-electron chi connectivity index (χ3n) is 4.19. The molecule has 0 atom stereocenters. The lowest BCUT2D eigenvalue weighted by atomic mass is 9.80. The molecule has 3 heteroatoms. The maximum Gasteiger partial charge on any atom is 0.117 e. The van der Waals surface area contributed by atoms with E-state index in [4.69, 9.17) is 10.2 Å². The van der Waals surface area contributed by atoms with E-state index in [-0.39, 0.29) is 0 Å². The van der Waals surface area contributed by atoms with E-state index in [0.29, 0.717) is 5.41 Å². The summed E-state index contributed by atoms with van der Waals surface area (Å²) in [5.74, 6) is 2.00. The molecule has 2 rings (SSSR count). The van der Waals surface area contributed by atoms with Gasteiger partial charge >= 0.3 is 0 Å². The molecule has 18 heavy (non-hydrogen) atoms. The van der Waals surface area contributed by atoms with Gasteiger partial charge in [0.05, 0.1) is 6.54 Å². The largest absolute Gasteiger partial charge is 0.465 e. The fourth-order valence-electron chi connectivity index (χ4n) is 2.96. The van der Waals surface area contributed by atoms with Crippen LogP contribution in [0.3, 0.4) is 0 Å². The van der Waals surface area contributed by atoms with Gasteiger partial charge in [-0.15, -0.1) is 0 Å². The Hall–Kier alpha value is -0.800. The molecule has 0 radical (unpaired) electrons. The van der Waals surface area contributed by atoms with Gasteiger partial charge in [-0.2, -0.15) is 0 Å². The van der Waals surface area contributed by atoms with Crippen LogP contribution in [0.15, 0.2) is 16.5 Å². The summed E-state index contributed by atoms with van der Waals surface area (Å²) >= 11 is 0. The molecule has 3 N–H and O–H groups in total. The summed E-state index contributed by atoms with van der Waals surface area (Å²) in [6.45, 7) is 4.62. The van der Waals surface area contributed by atoms with Gasteiger partial charge in [-0.05, 0) is 43.9 Å². The number of rotatable bonds is 5. The minimum Gasteiger partial charge on any atom is -0.465 e. The highest BCUT2D eigenvalue weighted by molar-refractivity contribution is 5.05. The van der Waals surface area contributed by atoms with E-state index in [1.807, 2.05) is 19.1 Å². The van der Waals surface area contributed by atoms with Gasteiger partial charge in [-0.1, -0.05) is 25.7 Å². The Bertz CT molecular complexity index is 351. The molecule has 0 unspecified atom stereocenters. The van der Waals surface area contributed by atoms with E-state index in [1.165, 1.54) is 38.5 Å². The van der Waals surface area contributed by atoms with Gasteiger partial charge in [0.2, 0.25) is 0 Å². The topological polar surface area (TPSA) is 51.2 Å². The average Bonchev–Trinajstić information content (AvgIpc) is 2.65. The van der Waals surface area contributed by atoms with Crippen LogP contribution in [0.5, 0.6) is 0 Å². The molecule has 0 saturated heterocycles. The standard InChI is InChI=1S/C15H26N2O/c1-13-6-7-14(18-13)10-17-12-15(11-16)8-4-2-3-5-9-15/h6-7,17H,2-5,8-12,16H2,1H3. The van der Waals surface area contributed by atoms with E-state index in [2.05, 4.69) is 5.32 Å². The first-order valence-corrected chi connectivity index (χ1v) is 7.20. The summed E-state index contributed by atoms with van der Waals surface area (Å²) < 4.78 is 5.57. The van der Waals surface area contributed by atoms with E-state index < -0.39 is 0 Å². The zero-order valence-electron chi connectivity index (χ0n) is 11.5. The first-order valence-electron chi connectivity index (χ1n) is 7.20. The first-order chi connectivity index (χ1) is 8.74.